The summed E-state index contributed by atoms with van der Waals surface area (Å²) in [6.45, 7) is -0.127. The molecule has 0 atom stereocenters. The maximum absolute atomic E-state index is 13.3. The van der Waals surface area contributed by atoms with Crippen molar-refractivity contribution in [3.05, 3.63) is 44.1 Å². The smallest absolute Gasteiger partial charge is 0.384 e. The lowest BCUT2D eigenvalue weighted by atomic mass is 9.99. The fourth-order valence-electron chi connectivity index (χ4n) is 2.45. The van der Waals surface area contributed by atoms with Crippen molar-refractivity contribution in [3.8, 4) is 0 Å². The summed E-state index contributed by atoms with van der Waals surface area (Å²) < 4.78 is 67.8. The van der Waals surface area contributed by atoms with Crippen molar-refractivity contribution in [3.63, 3.8) is 0 Å². The van der Waals surface area contributed by atoms with Crippen LogP contribution in [0.25, 0.3) is 10.9 Å². The highest BCUT2D eigenvalue weighted by atomic mass is 32.2. The highest BCUT2D eigenvalue weighted by molar-refractivity contribution is 7.89. The van der Waals surface area contributed by atoms with Crippen molar-refractivity contribution in [2.45, 2.75) is 18.5 Å². The minimum Gasteiger partial charge on any atom is -0.384 e. The molecule has 0 aliphatic heterocycles. The lowest BCUT2D eigenvalue weighted by Gasteiger charge is -2.14. The van der Waals surface area contributed by atoms with Crippen molar-refractivity contribution in [1.29, 1.82) is 0 Å². The Morgan fingerprint density at radius 3 is 2.41 bits per heavy atom. The molecule has 12 heteroatoms. The van der Waals surface area contributed by atoms with E-state index < -0.39 is 61.0 Å². The van der Waals surface area contributed by atoms with Crippen LogP contribution in [0.15, 0.2) is 21.7 Å². The number of aromatic nitrogens is 2. The van der Waals surface area contributed by atoms with Crippen LogP contribution in [-0.4, -0.2) is 43.7 Å². The molecule has 1 aromatic heterocycles. The predicted molar refractivity (Wildman–Crippen MR) is 89.5 cm³/mol. The van der Waals surface area contributed by atoms with Gasteiger partial charge in [0.2, 0.25) is 0 Å². The van der Waals surface area contributed by atoms with Gasteiger partial charge in [0.1, 0.15) is 5.88 Å². The van der Waals surface area contributed by atoms with E-state index in [4.69, 9.17) is 0 Å². The fraction of sp³-hybridized carbons (Fsp3) is 0.400. The Morgan fingerprint density at radius 2 is 1.89 bits per heavy atom. The molecule has 0 saturated heterocycles. The molecule has 148 valence electrons. The number of benzene rings is 1. The monoisotopic (exact) mass is 408 g/mol. The zero-order chi connectivity index (χ0) is 20.6. The van der Waals surface area contributed by atoms with Crippen LogP contribution in [0, 0.1) is 0 Å². The number of sulfone groups is 1. The van der Waals surface area contributed by atoms with Crippen LogP contribution in [-0.2, 0) is 26.6 Å². The fourth-order valence-corrected chi connectivity index (χ4v) is 3.15. The third kappa shape index (κ3) is 4.63. The van der Waals surface area contributed by atoms with Gasteiger partial charge in [-0.1, -0.05) is 0 Å². The van der Waals surface area contributed by atoms with Gasteiger partial charge in [0.05, 0.1) is 23.1 Å². The van der Waals surface area contributed by atoms with E-state index in [0.29, 0.717) is 16.7 Å². The summed E-state index contributed by atoms with van der Waals surface area (Å²) in [5, 5.41) is -0.410. The van der Waals surface area contributed by atoms with E-state index in [-0.39, 0.29) is 13.0 Å². The molecule has 0 aliphatic carbocycles. The topological polar surface area (TPSA) is 115 Å². The summed E-state index contributed by atoms with van der Waals surface area (Å²) in [5.41, 5.74) is -4.82. The van der Waals surface area contributed by atoms with Crippen LogP contribution < -0.4 is 11.2 Å². The molecule has 2 rings (SSSR count). The normalized spacial score (nSPS) is 12.5. The molecule has 1 aromatic carbocycles. The number of alkyl halides is 3. The van der Waals surface area contributed by atoms with E-state index in [9.17, 15) is 36.0 Å². The van der Waals surface area contributed by atoms with Crippen LogP contribution >= 0.6 is 0 Å². The van der Waals surface area contributed by atoms with Crippen molar-refractivity contribution < 1.29 is 31.1 Å². The zero-order valence-corrected chi connectivity index (χ0v) is 15.0. The molecule has 0 fully saturated rings. The van der Waals surface area contributed by atoms with E-state index in [1.54, 1.807) is 0 Å². The van der Waals surface area contributed by atoms with Gasteiger partial charge in [-0.15, -0.1) is 0 Å². The van der Waals surface area contributed by atoms with Gasteiger partial charge >= 0.3 is 11.9 Å². The Labute approximate surface area is 150 Å². The van der Waals surface area contributed by atoms with E-state index in [1.165, 1.54) is 7.11 Å². The van der Waals surface area contributed by atoms with Crippen LogP contribution in [0.3, 0.4) is 0 Å². The van der Waals surface area contributed by atoms with E-state index in [2.05, 4.69) is 9.72 Å². The Hall–Kier alpha value is -2.47. The van der Waals surface area contributed by atoms with Gasteiger partial charge in [0.25, 0.3) is 5.56 Å². The molecule has 0 radical (unpaired) electrons. The molecule has 0 unspecified atom stereocenters. The van der Waals surface area contributed by atoms with Crippen LogP contribution in [0.4, 0.5) is 13.2 Å². The molecule has 27 heavy (non-hydrogen) atoms. The number of hydrogen-bond donors (Lipinski definition) is 1. The van der Waals surface area contributed by atoms with Crippen LogP contribution in [0.2, 0.25) is 0 Å². The average Bonchev–Trinajstić information content (AvgIpc) is 2.53. The number of ketones is 1. The van der Waals surface area contributed by atoms with Gasteiger partial charge in [0, 0.05) is 25.3 Å². The molecule has 0 spiro atoms. The number of Topliss-reactive ketones (excluding diaryl/α,β-unsaturated/α-hetero) is 1. The number of nitrogens with zero attached hydrogens (tertiary/aromatic N) is 1. The lowest BCUT2D eigenvalue weighted by Crippen LogP contribution is -2.37. The Balaban J connectivity index is 2.82. The second-order valence-electron chi connectivity index (χ2n) is 5.83. The molecule has 0 aliphatic rings. The van der Waals surface area contributed by atoms with Gasteiger partial charge in [-0.25, -0.2) is 17.8 Å². The van der Waals surface area contributed by atoms with Crippen molar-refractivity contribution in [1.82, 2.24) is 9.55 Å². The Morgan fingerprint density at radius 1 is 1.26 bits per heavy atom. The minimum atomic E-state index is -4.91. The van der Waals surface area contributed by atoms with E-state index >= 15 is 0 Å². The number of fused-ring (bicyclic) bond motifs is 1. The lowest BCUT2D eigenvalue weighted by molar-refractivity contribution is -0.137. The number of halogens is 3. The van der Waals surface area contributed by atoms with Crippen LogP contribution in [0.5, 0.6) is 0 Å². The summed E-state index contributed by atoms with van der Waals surface area (Å²) in [7, 11) is -2.51. The standard InChI is InChI=1S/C15H15F3N2O6S/c1-26-4-3-12(21)8-5-9-11(6-10(8)15(16,17)18)19-14(23)20(13(9)22)7-27(2,24)25/h5-6H,3-4,7H2,1-2H3,(H,19,23). The molecule has 1 heterocycles. The third-order valence-corrected chi connectivity index (χ3v) is 4.35. The second-order valence-corrected chi connectivity index (χ2v) is 7.94. The number of hydrogen-bond acceptors (Lipinski definition) is 6. The number of H-pyrrole nitrogens is 1. The van der Waals surface area contributed by atoms with Crippen LogP contribution in [0.1, 0.15) is 22.3 Å². The summed E-state index contributed by atoms with van der Waals surface area (Å²) in [6.07, 6.45) is -4.48. The van der Waals surface area contributed by atoms with Gasteiger partial charge in [-0.05, 0) is 12.1 Å². The second kappa shape index (κ2) is 7.27. The molecule has 1 N–H and O–H groups in total. The van der Waals surface area contributed by atoms with Gasteiger partial charge in [-0.2, -0.15) is 13.2 Å². The first-order valence-corrected chi connectivity index (χ1v) is 9.49. The summed E-state index contributed by atoms with van der Waals surface area (Å²) in [5.74, 6) is -1.86. The van der Waals surface area contributed by atoms with E-state index in [1.807, 2.05) is 0 Å². The minimum absolute atomic E-state index is 0.127. The first-order chi connectivity index (χ1) is 12.3. The maximum Gasteiger partial charge on any atom is 0.417 e. The predicted octanol–water partition coefficient (Wildman–Crippen LogP) is 0.930. The van der Waals surface area contributed by atoms with Gasteiger partial charge < -0.3 is 9.72 Å². The largest absolute Gasteiger partial charge is 0.417 e. The Kier molecular flexibility index (Phi) is 5.61. The Bertz CT molecular complexity index is 1120. The molecular weight excluding hydrogens is 393 g/mol. The van der Waals surface area contributed by atoms with Crippen molar-refractivity contribution in [2.75, 3.05) is 20.0 Å². The molecular formula is C15H15F3N2O6S. The number of nitrogens with one attached hydrogen (secondary N) is 1. The third-order valence-electron chi connectivity index (χ3n) is 3.62. The molecule has 0 saturated carbocycles. The molecule has 0 bridgehead atoms. The first-order valence-electron chi connectivity index (χ1n) is 7.43. The average molecular weight is 408 g/mol. The zero-order valence-electron chi connectivity index (χ0n) is 14.2. The number of carbonyl (C=O) groups is 1. The number of carbonyl (C=O) groups excluding carboxylic acids is 1. The number of aromatic amines is 1. The number of methoxy groups -OCH3 is 1. The number of rotatable bonds is 6. The summed E-state index contributed by atoms with van der Waals surface area (Å²) >= 11 is 0. The van der Waals surface area contributed by atoms with Gasteiger partial charge in [0.15, 0.2) is 15.6 Å². The van der Waals surface area contributed by atoms with Crippen molar-refractivity contribution >= 4 is 26.5 Å². The van der Waals surface area contributed by atoms with Crippen molar-refractivity contribution in [2.24, 2.45) is 0 Å². The van der Waals surface area contributed by atoms with Gasteiger partial charge in [-0.3, -0.25) is 9.59 Å². The molecule has 8 nitrogen and oxygen atoms in total. The first kappa shape index (κ1) is 20.8. The number of ether oxygens (including phenoxy) is 1. The highest BCUT2D eigenvalue weighted by Gasteiger charge is 2.36. The summed E-state index contributed by atoms with van der Waals surface area (Å²) in [4.78, 5) is 38.6. The highest BCUT2D eigenvalue weighted by Crippen LogP contribution is 2.34. The molecule has 2 aromatic rings. The maximum atomic E-state index is 13.3. The quantitative estimate of drug-likeness (QED) is 0.711. The molecule has 0 amide bonds. The van der Waals surface area contributed by atoms with E-state index in [0.717, 1.165) is 6.26 Å². The summed E-state index contributed by atoms with van der Waals surface area (Å²) in [6, 6.07) is 1.20. The SMILES string of the molecule is COCCC(=O)c1cc2c(=O)n(CS(C)(=O)=O)c(=O)[nH]c2cc1C(F)(F)F.